The number of rotatable bonds is 6. The summed E-state index contributed by atoms with van der Waals surface area (Å²) in [4.78, 5) is 24.7. The minimum Gasteiger partial charge on any atom is -0.504 e. The molecule has 0 aromatic rings. The van der Waals surface area contributed by atoms with E-state index < -0.39 is 5.97 Å². The molecular formula is C15H17NO5S2. The number of aliphatic carboxylic acids is 1. The number of nitrogens with zero attached hydrogens (tertiary/aromatic N) is 1. The van der Waals surface area contributed by atoms with Crippen molar-refractivity contribution in [2.45, 2.75) is 19.8 Å². The second-order valence-corrected chi connectivity index (χ2v) is 6.64. The summed E-state index contributed by atoms with van der Waals surface area (Å²) in [7, 11) is 0. The number of carbonyl (C=O) groups excluding carboxylic acids is 1. The van der Waals surface area contributed by atoms with Gasteiger partial charge in [0.2, 0.25) is 0 Å². The van der Waals surface area contributed by atoms with Crippen molar-refractivity contribution in [1.82, 2.24) is 4.90 Å². The number of carboxylic acids is 1. The molecule has 1 amide bonds. The Morgan fingerprint density at radius 1 is 1.61 bits per heavy atom. The lowest BCUT2D eigenvalue weighted by Gasteiger charge is -2.18. The van der Waals surface area contributed by atoms with E-state index in [2.05, 4.69) is 0 Å². The zero-order chi connectivity index (χ0) is 17.0. The van der Waals surface area contributed by atoms with Crippen molar-refractivity contribution in [3.8, 4) is 0 Å². The van der Waals surface area contributed by atoms with E-state index >= 15 is 0 Å². The van der Waals surface area contributed by atoms with Crippen molar-refractivity contribution in [3.63, 3.8) is 0 Å². The molecule has 0 spiro atoms. The first kappa shape index (κ1) is 17.6. The lowest BCUT2D eigenvalue weighted by Crippen LogP contribution is -2.30. The quantitative estimate of drug-likeness (QED) is 0.559. The van der Waals surface area contributed by atoms with Crippen LogP contribution >= 0.6 is 24.0 Å². The number of aliphatic hydroxyl groups excluding tert-OH is 1. The van der Waals surface area contributed by atoms with Gasteiger partial charge in [-0.05, 0) is 13.0 Å². The standard InChI is InChI=1S/C15H17NO5S2/c1-2-21-11-7-9(3-4-10(11)17)8-12-14(20)16(15(22)23-12)6-5-13(18)19/h3-4,8-9,17H,2,5-7H2,1H3,(H,18,19)/b12-8-. The maximum atomic E-state index is 12.3. The molecule has 6 nitrogen and oxygen atoms in total. The summed E-state index contributed by atoms with van der Waals surface area (Å²) in [5.41, 5.74) is 0. The molecule has 1 aliphatic heterocycles. The monoisotopic (exact) mass is 355 g/mol. The fourth-order valence-electron chi connectivity index (χ4n) is 2.22. The van der Waals surface area contributed by atoms with Crippen molar-refractivity contribution in [1.29, 1.82) is 0 Å². The molecule has 8 heteroatoms. The Morgan fingerprint density at radius 3 is 3.00 bits per heavy atom. The number of amides is 1. The first-order valence-corrected chi connectivity index (χ1v) is 8.35. The maximum Gasteiger partial charge on any atom is 0.305 e. The summed E-state index contributed by atoms with van der Waals surface area (Å²) in [6, 6.07) is 0. The van der Waals surface area contributed by atoms with Crippen LogP contribution in [0, 0.1) is 5.92 Å². The molecule has 0 aromatic heterocycles. The highest BCUT2D eigenvalue weighted by Gasteiger charge is 2.32. The number of thioether (sulfide) groups is 1. The number of aliphatic hydroxyl groups is 1. The normalized spacial score (nSPS) is 23.1. The lowest BCUT2D eigenvalue weighted by molar-refractivity contribution is -0.137. The van der Waals surface area contributed by atoms with E-state index in [1.165, 1.54) is 16.7 Å². The van der Waals surface area contributed by atoms with Crippen LogP contribution in [0.5, 0.6) is 0 Å². The molecule has 0 saturated carbocycles. The van der Waals surface area contributed by atoms with Crippen molar-refractivity contribution in [3.05, 3.63) is 34.7 Å². The molecule has 1 fully saturated rings. The second kappa shape index (κ2) is 7.65. The Labute approximate surface area is 143 Å². The number of ether oxygens (including phenoxy) is 1. The van der Waals surface area contributed by atoms with Gasteiger partial charge < -0.3 is 14.9 Å². The Bertz CT molecular complexity index is 623. The van der Waals surface area contributed by atoms with Crippen LogP contribution in [0.1, 0.15) is 19.8 Å². The van der Waals surface area contributed by atoms with Crippen LogP contribution in [0.4, 0.5) is 0 Å². The van der Waals surface area contributed by atoms with E-state index in [9.17, 15) is 14.7 Å². The smallest absolute Gasteiger partial charge is 0.305 e. The highest BCUT2D eigenvalue weighted by molar-refractivity contribution is 8.26. The number of carboxylic acid groups (broad SMARTS) is 1. The molecular weight excluding hydrogens is 338 g/mol. The second-order valence-electron chi connectivity index (χ2n) is 4.97. The molecule has 1 atom stereocenters. The van der Waals surface area contributed by atoms with Gasteiger partial charge in [-0.15, -0.1) is 0 Å². The van der Waals surface area contributed by atoms with Crippen LogP contribution in [0.3, 0.4) is 0 Å². The minimum atomic E-state index is -0.972. The van der Waals surface area contributed by atoms with Crippen LogP contribution in [0.2, 0.25) is 0 Å². The average molecular weight is 355 g/mol. The Balaban J connectivity index is 2.07. The van der Waals surface area contributed by atoms with Gasteiger partial charge in [0.25, 0.3) is 5.91 Å². The van der Waals surface area contributed by atoms with Gasteiger partial charge in [0.15, 0.2) is 5.76 Å². The molecule has 0 radical (unpaired) electrons. The number of allylic oxidation sites excluding steroid dienone is 4. The van der Waals surface area contributed by atoms with Crippen LogP contribution in [-0.2, 0) is 14.3 Å². The van der Waals surface area contributed by atoms with Gasteiger partial charge in [-0.25, -0.2) is 0 Å². The maximum absolute atomic E-state index is 12.3. The predicted octanol–water partition coefficient (Wildman–Crippen LogP) is 2.59. The van der Waals surface area contributed by atoms with E-state index in [1.807, 2.05) is 6.92 Å². The van der Waals surface area contributed by atoms with Gasteiger partial charge in [0.1, 0.15) is 10.1 Å². The highest BCUT2D eigenvalue weighted by Crippen LogP contribution is 2.34. The van der Waals surface area contributed by atoms with Crippen LogP contribution in [0.25, 0.3) is 0 Å². The van der Waals surface area contributed by atoms with Gasteiger partial charge in [-0.2, -0.15) is 0 Å². The first-order chi connectivity index (χ1) is 10.9. The summed E-state index contributed by atoms with van der Waals surface area (Å²) in [5, 5.41) is 18.5. The molecule has 124 valence electrons. The Kier molecular flexibility index (Phi) is 5.84. The molecule has 1 unspecified atom stereocenters. The first-order valence-electron chi connectivity index (χ1n) is 7.12. The zero-order valence-corrected chi connectivity index (χ0v) is 14.2. The molecule has 23 heavy (non-hydrogen) atoms. The highest BCUT2D eigenvalue weighted by atomic mass is 32.2. The van der Waals surface area contributed by atoms with E-state index in [0.29, 0.717) is 28.0 Å². The lowest BCUT2D eigenvalue weighted by atomic mass is 9.98. The summed E-state index contributed by atoms with van der Waals surface area (Å²) in [6.07, 6.45) is 5.45. The Morgan fingerprint density at radius 2 is 2.35 bits per heavy atom. The van der Waals surface area contributed by atoms with E-state index in [4.69, 9.17) is 22.1 Å². The van der Waals surface area contributed by atoms with Gasteiger partial charge >= 0.3 is 5.97 Å². The average Bonchev–Trinajstić information content (AvgIpc) is 2.75. The van der Waals surface area contributed by atoms with Crippen molar-refractivity contribution >= 4 is 40.2 Å². The molecule has 1 saturated heterocycles. The molecule has 1 heterocycles. The molecule has 2 aliphatic rings. The number of hydrogen-bond donors (Lipinski definition) is 2. The molecule has 0 aromatic carbocycles. The summed E-state index contributed by atoms with van der Waals surface area (Å²) >= 11 is 6.31. The van der Waals surface area contributed by atoms with Crippen LogP contribution in [0.15, 0.2) is 34.7 Å². The number of hydrogen-bond acceptors (Lipinski definition) is 6. The number of carbonyl (C=O) groups is 2. The summed E-state index contributed by atoms with van der Waals surface area (Å²) < 4.78 is 5.75. The molecule has 0 bridgehead atoms. The summed E-state index contributed by atoms with van der Waals surface area (Å²) in [6.45, 7) is 2.36. The topological polar surface area (TPSA) is 87.1 Å². The van der Waals surface area contributed by atoms with Gasteiger partial charge in [-0.1, -0.05) is 36.1 Å². The summed E-state index contributed by atoms with van der Waals surface area (Å²) in [5.74, 6) is -0.726. The third-order valence-corrected chi connectivity index (χ3v) is 4.71. The fraction of sp³-hybridized carbons (Fsp3) is 0.400. The Hall–Kier alpha value is -1.80. The molecule has 2 N–H and O–H groups in total. The zero-order valence-electron chi connectivity index (χ0n) is 12.5. The van der Waals surface area contributed by atoms with Crippen LogP contribution in [-0.4, -0.2) is 44.5 Å². The molecule has 1 aliphatic carbocycles. The van der Waals surface area contributed by atoms with E-state index in [0.717, 1.165) is 0 Å². The van der Waals surface area contributed by atoms with Crippen LogP contribution < -0.4 is 0 Å². The third kappa shape index (κ3) is 4.35. The van der Waals surface area contributed by atoms with Gasteiger partial charge in [0.05, 0.1) is 17.9 Å². The van der Waals surface area contributed by atoms with Crippen molar-refractivity contribution < 1.29 is 24.5 Å². The van der Waals surface area contributed by atoms with Gasteiger partial charge in [0, 0.05) is 18.9 Å². The third-order valence-electron chi connectivity index (χ3n) is 3.31. The van der Waals surface area contributed by atoms with Gasteiger partial charge in [-0.3, -0.25) is 14.5 Å². The van der Waals surface area contributed by atoms with E-state index in [-0.39, 0.29) is 30.5 Å². The SMILES string of the molecule is CCOC1=C(O)C=CC(/C=C2\SC(=S)N(CCC(=O)O)C2=O)C1. The molecule has 2 rings (SSSR count). The minimum absolute atomic E-state index is 0.0722. The van der Waals surface area contributed by atoms with E-state index in [1.54, 1.807) is 18.2 Å². The van der Waals surface area contributed by atoms with Crippen molar-refractivity contribution in [2.75, 3.05) is 13.2 Å². The predicted molar refractivity (Wildman–Crippen MR) is 90.8 cm³/mol. The number of thiocarbonyl (C=S) groups is 1. The van der Waals surface area contributed by atoms with Crippen molar-refractivity contribution in [2.24, 2.45) is 5.92 Å². The fourth-order valence-corrected chi connectivity index (χ4v) is 3.58. The largest absolute Gasteiger partial charge is 0.504 e.